The summed E-state index contributed by atoms with van der Waals surface area (Å²) in [6, 6.07) is 25.8. The fourth-order valence-corrected chi connectivity index (χ4v) is 2.63. The smallest absolute Gasteiger partial charge is 0.339 e. The molecule has 0 unspecified atom stereocenters. The number of carboxylic acid groups (broad SMARTS) is 1. The van der Waals surface area contributed by atoms with Crippen LogP contribution in [0.15, 0.2) is 78.9 Å². The lowest BCUT2D eigenvalue weighted by molar-refractivity contribution is 0.0691. The Morgan fingerprint density at radius 2 is 1.67 bits per heavy atom. The normalized spacial score (nSPS) is 10.9. The molecule has 0 aliphatic rings. The van der Waals surface area contributed by atoms with E-state index in [4.69, 9.17) is 4.74 Å². The monoisotopic (exact) mass is 355 g/mol. The van der Waals surface area contributed by atoms with Crippen LogP contribution in [0.1, 0.15) is 27.0 Å². The minimum Gasteiger partial charge on any atom is -0.488 e. The summed E-state index contributed by atoms with van der Waals surface area (Å²) in [7, 11) is 0. The number of nitriles is 1. The third-order valence-corrected chi connectivity index (χ3v) is 3.99. The number of allylic oxidation sites excluding steroid dienone is 1. The molecule has 0 bridgehead atoms. The van der Waals surface area contributed by atoms with Gasteiger partial charge in [-0.2, -0.15) is 5.26 Å². The van der Waals surface area contributed by atoms with E-state index in [1.165, 1.54) is 6.07 Å². The highest BCUT2D eigenvalue weighted by atomic mass is 16.5. The number of nitrogens with zero attached hydrogens (tertiary/aromatic N) is 1. The highest BCUT2D eigenvalue weighted by molar-refractivity contribution is 5.94. The van der Waals surface area contributed by atoms with Crippen molar-refractivity contribution in [2.75, 3.05) is 0 Å². The van der Waals surface area contributed by atoms with Gasteiger partial charge in [0.1, 0.15) is 17.9 Å². The summed E-state index contributed by atoms with van der Waals surface area (Å²) in [5, 5.41) is 19.0. The molecule has 0 aliphatic heterocycles. The highest BCUT2D eigenvalue weighted by Crippen LogP contribution is 2.24. The average molecular weight is 355 g/mol. The Morgan fingerprint density at radius 1 is 1.00 bits per heavy atom. The van der Waals surface area contributed by atoms with Crippen molar-refractivity contribution in [3.63, 3.8) is 0 Å². The van der Waals surface area contributed by atoms with Crippen molar-refractivity contribution in [2.24, 2.45) is 0 Å². The molecule has 0 atom stereocenters. The van der Waals surface area contributed by atoms with Crippen LogP contribution < -0.4 is 4.74 Å². The third kappa shape index (κ3) is 4.62. The van der Waals surface area contributed by atoms with Crippen LogP contribution in [-0.4, -0.2) is 11.1 Å². The van der Waals surface area contributed by atoms with E-state index in [9.17, 15) is 15.2 Å². The number of hydrogen-bond acceptors (Lipinski definition) is 3. The van der Waals surface area contributed by atoms with E-state index in [2.05, 4.69) is 6.07 Å². The number of carbonyl (C=O) groups is 1. The first-order chi connectivity index (χ1) is 13.2. The maximum absolute atomic E-state index is 11.6. The molecular weight excluding hydrogens is 338 g/mol. The Hall–Kier alpha value is -3.84. The number of rotatable bonds is 6. The highest BCUT2D eigenvalue weighted by Gasteiger charge is 2.13. The van der Waals surface area contributed by atoms with Crippen LogP contribution in [0.3, 0.4) is 0 Å². The van der Waals surface area contributed by atoms with Crippen molar-refractivity contribution in [3.8, 4) is 11.8 Å². The second kappa shape index (κ2) is 8.50. The minimum absolute atomic E-state index is 0.0602. The van der Waals surface area contributed by atoms with Crippen LogP contribution in [0.5, 0.6) is 5.75 Å². The Kier molecular flexibility index (Phi) is 5.66. The molecule has 3 rings (SSSR count). The molecule has 4 nitrogen and oxygen atoms in total. The fourth-order valence-electron chi connectivity index (χ4n) is 2.63. The number of ether oxygens (including phenoxy) is 1. The number of carboxylic acids is 1. The van der Waals surface area contributed by atoms with Gasteiger partial charge in [0, 0.05) is 0 Å². The van der Waals surface area contributed by atoms with Crippen molar-refractivity contribution >= 4 is 17.6 Å². The van der Waals surface area contributed by atoms with Crippen LogP contribution in [0.4, 0.5) is 0 Å². The van der Waals surface area contributed by atoms with Gasteiger partial charge in [0.05, 0.1) is 11.6 Å². The van der Waals surface area contributed by atoms with Crippen LogP contribution in [-0.2, 0) is 6.61 Å². The van der Waals surface area contributed by atoms with Gasteiger partial charge in [-0.05, 0) is 34.9 Å². The number of hydrogen-bond donors (Lipinski definition) is 1. The number of benzene rings is 3. The minimum atomic E-state index is -1.08. The van der Waals surface area contributed by atoms with E-state index >= 15 is 0 Å². The molecule has 0 saturated carbocycles. The zero-order valence-corrected chi connectivity index (χ0v) is 14.5. The standard InChI is InChI=1S/C23H17NO3/c24-15-20(19-9-5-2-6-10-19)13-18-11-12-22(21(14-18)23(25)26)27-16-17-7-3-1-4-8-17/h1-14H,16H2,(H,25,26)/b20-13-. The Balaban J connectivity index is 1.88. The molecule has 1 N–H and O–H groups in total. The summed E-state index contributed by atoms with van der Waals surface area (Å²) in [6.07, 6.45) is 1.67. The van der Waals surface area contributed by atoms with Gasteiger partial charge in [0.2, 0.25) is 0 Å². The molecular formula is C23H17NO3. The molecule has 0 spiro atoms. The van der Waals surface area contributed by atoms with Crippen LogP contribution in [0.25, 0.3) is 11.6 Å². The summed E-state index contributed by atoms with van der Waals surface area (Å²) >= 11 is 0. The van der Waals surface area contributed by atoms with Gasteiger partial charge < -0.3 is 9.84 Å². The molecule has 0 aromatic heterocycles. The maximum Gasteiger partial charge on any atom is 0.339 e. The predicted octanol–water partition coefficient (Wildman–Crippen LogP) is 5.03. The van der Waals surface area contributed by atoms with Gasteiger partial charge in [-0.1, -0.05) is 66.7 Å². The van der Waals surface area contributed by atoms with Gasteiger partial charge in [0.15, 0.2) is 0 Å². The second-order valence-electron chi connectivity index (χ2n) is 5.87. The van der Waals surface area contributed by atoms with E-state index in [1.807, 2.05) is 60.7 Å². The molecule has 132 valence electrons. The van der Waals surface area contributed by atoms with Gasteiger partial charge in [0.25, 0.3) is 0 Å². The van der Waals surface area contributed by atoms with Gasteiger partial charge in [-0.25, -0.2) is 4.79 Å². The van der Waals surface area contributed by atoms with E-state index < -0.39 is 5.97 Å². The molecule has 0 fully saturated rings. The first-order valence-electron chi connectivity index (χ1n) is 8.38. The lowest BCUT2D eigenvalue weighted by Crippen LogP contribution is -2.04. The molecule has 0 heterocycles. The van der Waals surface area contributed by atoms with E-state index in [0.29, 0.717) is 16.9 Å². The zero-order valence-electron chi connectivity index (χ0n) is 14.5. The topological polar surface area (TPSA) is 70.3 Å². The summed E-state index contributed by atoms with van der Waals surface area (Å²) in [6.45, 7) is 0.282. The third-order valence-electron chi connectivity index (χ3n) is 3.99. The average Bonchev–Trinajstić information content (AvgIpc) is 2.72. The van der Waals surface area contributed by atoms with Crippen molar-refractivity contribution in [1.82, 2.24) is 0 Å². The Morgan fingerprint density at radius 3 is 2.30 bits per heavy atom. The van der Waals surface area contributed by atoms with E-state index in [0.717, 1.165) is 11.1 Å². The predicted molar refractivity (Wildman–Crippen MR) is 104 cm³/mol. The van der Waals surface area contributed by atoms with Gasteiger partial charge in [-0.15, -0.1) is 0 Å². The summed E-state index contributed by atoms with van der Waals surface area (Å²) in [5.74, 6) is -0.784. The first-order valence-corrected chi connectivity index (χ1v) is 8.38. The molecule has 0 aliphatic carbocycles. The van der Waals surface area contributed by atoms with Crippen LogP contribution in [0, 0.1) is 11.3 Å². The second-order valence-corrected chi connectivity index (χ2v) is 5.87. The molecule has 0 amide bonds. The van der Waals surface area contributed by atoms with Crippen LogP contribution >= 0.6 is 0 Å². The van der Waals surface area contributed by atoms with Crippen LogP contribution in [0.2, 0.25) is 0 Å². The molecule has 0 radical (unpaired) electrons. The van der Waals surface area contributed by atoms with Crippen molar-refractivity contribution in [2.45, 2.75) is 6.61 Å². The summed E-state index contributed by atoms with van der Waals surface area (Å²) < 4.78 is 5.69. The maximum atomic E-state index is 11.6. The van der Waals surface area contributed by atoms with Crippen molar-refractivity contribution in [1.29, 1.82) is 5.26 Å². The van der Waals surface area contributed by atoms with E-state index in [1.54, 1.807) is 18.2 Å². The summed E-state index contributed by atoms with van der Waals surface area (Å²) in [4.78, 5) is 11.6. The number of aromatic carboxylic acids is 1. The van der Waals surface area contributed by atoms with E-state index in [-0.39, 0.29) is 12.2 Å². The SMILES string of the molecule is N#C/C(=C/c1ccc(OCc2ccccc2)c(C(=O)O)c1)c1ccccc1. The summed E-state index contributed by atoms with van der Waals surface area (Å²) in [5.41, 5.74) is 2.88. The first kappa shape index (κ1) is 18.0. The fraction of sp³-hybridized carbons (Fsp3) is 0.0435. The van der Waals surface area contributed by atoms with Crippen molar-refractivity contribution < 1.29 is 14.6 Å². The largest absolute Gasteiger partial charge is 0.488 e. The quantitative estimate of drug-likeness (QED) is 0.497. The van der Waals surface area contributed by atoms with Gasteiger partial charge in [-0.3, -0.25) is 0 Å². The van der Waals surface area contributed by atoms with Gasteiger partial charge >= 0.3 is 5.97 Å². The molecule has 3 aromatic rings. The Labute approximate surface area is 157 Å². The zero-order chi connectivity index (χ0) is 19.1. The molecule has 27 heavy (non-hydrogen) atoms. The lowest BCUT2D eigenvalue weighted by Gasteiger charge is -2.10. The molecule has 0 saturated heterocycles. The lowest BCUT2D eigenvalue weighted by atomic mass is 10.0. The molecule has 3 aromatic carbocycles. The molecule has 4 heteroatoms. The Bertz CT molecular complexity index is 1000. The van der Waals surface area contributed by atoms with Crippen molar-refractivity contribution in [3.05, 3.63) is 101 Å².